The summed E-state index contributed by atoms with van der Waals surface area (Å²) in [6, 6.07) is 7.30. The summed E-state index contributed by atoms with van der Waals surface area (Å²) >= 11 is 0. The Balaban J connectivity index is 2.06. The first-order valence-corrected chi connectivity index (χ1v) is 4.78. The average Bonchev–Trinajstić information content (AvgIpc) is 2.15. The Hall–Kier alpha value is -1.06. The van der Waals surface area contributed by atoms with Crippen molar-refractivity contribution in [3.05, 3.63) is 29.8 Å². The third kappa shape index (κ3) is 1.74. The van der Waals surface area contributed by atoms with Crippen LogP contribution in [-0.4, -0.2) is 30.9 Å². The molecule has 0 aliphatic carbocycles. The predicted molar refractivity (Wildman–Crippen MR) is 54.4 cm³/mol. The van der Waals surface area contributed by atoms with E-state index in [1.54, 1.807) is 19.2 Å². The summed E-state index contributed by atoms with van der Waals surface area (Å²) in [7, 11) is 1.75. The van der Waals surface area contributed by atoms with E-state index in [0.29, 0.717) is 5.75 Å². The van der Waals surface area contributed by atoms with Crippen molar-refractivity contribution < 1.29 is 9.84 Å². The number of rotatable bonds is 3. The van der Waals surface area contributed by atoms with Gasteiger partial charge in [0.2, 0.25) is 0 Å². The minimum atomic E-state index is -0.0308. The molecule has 1 aliphatic rings. The molecule has 1 heterocycles. The Labute approximate surface area is 83.7 Å². The molecule has 2 rings (SSSR count). The third-order valence-corrected chi connectivity index (χ3v) is 2.79. The molecule has 0 unspecified atom stereocenters. The number of aromatic hydroxyl groups is 1. The normalized spacial score (nSPS) is 18.9. The molecule has 0 spiro atoms. The average molecular weight is 193 g/mol. The van der Waals surface area contributed by atoms with Crippen LogP contribution in [0.2, 0.25) is 0 Å². The van der Waals surface area contributed by atoms with Gasteiger partial charge in [0.15, 0.2) is 0 Å². The van der Waals surface area contributed by atoms with E-state index in [0.717, 1.165) is 19.5 Å². The number of nitrogens with one attached hydrogen (secondary N) is 1. The SMILES string of the molecule is COC1(Cc2ccc(O)cc2)CNC1. The van der Waals surface area contributed by atoms with Crippen molar-refractivity contribution in [3.63, 3.8) is 0 Å². The summed E-state index contributed by atoms with van der Waals surface area (Å²) in [5, 5.41) is 12.3. The lowest BCUT2D eigenvalue weighted by molar-refractivity contribution is -0.0502. The van der Waals surface area contributed by atoms with Gasteiger partial charge in [0.25, 0.3) is 0 Å². The Bertz CT molecular complexity index is 298. The van der Waals surface area contributed by atoms with Crippen LogP contribution in [0.25, 0.3) is 0 Å². The van der Waals surface area contributed by atoms with Crippen LogP contribution in [0.4, 0.5) is 0 Å². The van der Waals surface area contributed by atoms with Crippen molar-refractivity contribution >= 4 is 0 Å². The lowest BCUT2D eigenvalue weighted by atomic mass is 9.89. The predicted octanol–water partition coefficient (Wildman–Crippen LogP) is 0.923. The van der Waals surface area contributed by atoms with Crippen LogP contribution in [0.1, 0.15) is 5.56 Å². The van der Waals surface area contributed by atoms with Gasteiger partial charge < -0.3 is 15.2 Å². The largest absolute Gasteiger partial charge is 0.508 e. The molecule has 76 valence electrons. The second-order valence-corrected chi connectivity index (χ2v) is 3.83. The Morgan fingerprint density at radius 3 is 2.43 bits per heavy atom. The highest BCUT2D eigenvalue weighted by molar-refractivity contribution is 5.27. The van der Waals surface area contributed by atoms with Gasteiger partial charge in [0.1, 0.15) is 5.75 Å². The van der Waals surface area contributed by atoms with E-state index in [1.165, 1.54) is 5.56 Å². The van der Waals surface area contributed by atoms with Crippen molar-refractivity contribution in [1.82, 2.24) is 5.32 Å². The van der Waals surface area contributed by atoms with Crippen molar-refractivity contribution in [2.24, 2.45) is 0 Å². The number of methoxy groups -OCH3 is 1. The molecule has 2 N–H and O–H groups in total. The summed E-state index contributed by atoms with van der Waals surface area (Å²) < 4.78 is 5.48. The van der Waals surface area contributed by atoms with Crippen molar-refractivity contribution in [3.8, 4) is 5.75 Å². The van der Waals surface area contributed by atoms with Gasteiger partial charge in [-0.2, -0.15) is 0 Å². The summed E-state index contributed by atoms with van der Waals surface area (Å²) in [4.78, 5) is 0. The molecule has 1 fully saturated rings. The van der Waals surface area contributed by atoms with E-state index in [4.69, 9.17) is 9.84 Å². The standard InChI is InChI=1S/C11H15NO2/c1-14-11(7-12-8-11)6-9-2-4-10(13)5-3-9/h2-5,12-13H,6-8H2,1H3. The molecule has 3 heteroatoms. The Kier molecular flexibility index (Phi) is 2.44. The molecular formula is C11H15NO2. The number of phenols is 1. The second-order valence-electron chi connectivity index (χ2n) is 3.83. The monoisotopic (exact) mass is 193 g/mol. The van der Waals surface area contributed by atoms with E-state index < -0.39 is 0 Å². The Morgan fingerprint density at radius 1 is 1.36 bits per heavy atom. The summed E-state index contributed by atoms with van der Waals surface area (Å²) in [5.41, 5.74) is 1.17. The van der Waals surface area contributed by atoms with E-state index in [9.17, 15) is 0 Å². The molecule has 0 amide bonds. The van der Waals surface area contributed by atoms with Gasteiger partial charge in [-0.05, 0) is 17.7 Å². The highest BCUT2D eigenvalue weighted by Gasteiger charge is 2.36. The van der Waals surface area contributed by atoms with Gasteiger partial charge in [-0.1, -0.05) is 12.1 Å². The molecule has 0 radical (unpaired) electrons. The Morgan fingerprint density at radius 2 is 2.00 bits per heavy atom. The molecule has 0 aromatic heterocycles. The maximum Gasteiger partial charge on any atom is 0.115 e. The number of ether oxygens (including phenoxy) is 1. The van der Waals surface area contributed by atoms with Crippen LogP contribution in [0.5, 0.6) is 5.75 Å². The molecule has 0 bridgehead atoms. The van der Waals surface area contributed by atoms with Gasteiger partial charge in [-0.3, -0.25) is 0 Å². The molecule has 0 saturated carbocycles. The van der Waals surface area contributed by atoms with Gasteiger partial charge in [-0.25, -0.2) is 0 Å². The van der Waals surface area contributed by atoms with Crippen LogP contribution < -0.4 is 5.32 Å². The number of phenolic OH excluding ortho intramolecular Hbond substituents is 1. The minimum absolute atomic E-state index is 0.0308. The molecular weight excluding hydrogens is 178 g/mol. The fraction of sp³-hybridized carbons (Fsp3) is 0.455. The molecule has 0 atom stereocenters. The van der Waals surface area contributed by atoms with Crippen LogP contribution in [0, 0.1) is 0 Å². The van der Waals surface area contributed by atoms with Gasteiger partial charge in [-0.15, -0.1) is 0 Å². The second kappa shape index (κ2) is 3.59. The zero-order valence-electron chi connectivity index (χ0n) is 8.29. The summed E-state index contributed by atoms with van der Waals surface area (Å²) in [6.07, 6.45) is 0.900. The van der Waals surface area contributed by atoms with Gasteiger partial charge in [0.05, 0.1) is 5.60 Å². The highest BCUT2D eigenvalue weighted by Crippen LogP contribution is 2.22. The molecule has 3 nitrogen and oxygen atoms in total. The van der Waals surface area contributed by atoms with Crippen LogP contribution in [0.3, 0.4) is 0 Å². The number of hydrogen-bond donors (Lipinski definition) is 2. The number of hydrogen-bond acceptors (Lipinski definition) is 3. The maximum atomic E-state index is 9.14. The molecule has 14 heavy (non-hydrogen) atoms. The minimum Gasteiger partial charge on any atom is -0.508 e. The number of benzene rings is 1. The fourth-order valence-electron chi connectivity index (χ4n) is 1.73. The van der Waals surface area contributed by atoms with Crippen molar-refractivity contribution in [2.75, 3.05) is 20.2 Å². The quantitative estimate of drug-likeness (QED) is 0.750. The maximum absolute atomic E-state index is 9.14. The molecule has 1 aromatic rings. The van der Waals surface area contributed by atoms with E-state index in [-0.39, 0.29) is 5.60 Å². The topological polar surface area (TPSA) is 41.5 Å². The van der Waals surface area contributed by atoms with E-state index in [1.807, 2.05) is 12.1 Å². The van der Waals surface area contributed by atoms with Gasteiger partial charge in [0, 0.05) is 26.6 Å². The zero-order chi connectivity index (χ0) is 10.0. The van der Waals surface area contributed by atoms with Crippen LogP contribution in [0.15, 0.2) is 24.3 Å². The van der Waals surface area contributed by atoms with Gasteiger partial charge >= 0.3 is 0 Å². The zero-order valence-corrected chi connectivity index (χ0v) is 8.29. The highest BCUT2D eigenvalue weighted by atomic mass is 16.5. The lowest BCUT2D eigenvalue weighted by Gasteiger charge is -2.41. The third-order valence-electron chi connectivity index (χ3n) is 2.79. The first-order valence-electron chi connectivity index (χ1n) is 4.78. The smallest absolute Gasteiger partial charge is 0.115 e. The van der Waals surface area contributed by atoms with E-state index >= 15 is 0 Å². The molecule has 1 saturated heterocycles. The fourth-order valence-corrected chi connectivity index (χ4v) is 1.73. The van der Waals surface area contributed by atoms with E-state index in [2.05, 4.69) is 5.32 Å². The first kappa shape index (κ1) is 9.49. The lowest BCUT2D eigenvalue weighted by Crippen LogP contribution is -2.61. The summed E-state index contributed by atoms with van der Waals surface area (Å²) in [6.45, 7) is 1.81. The van der Waals surface area contributed by atoms with Crippen LogP contribution in [-0.2, 0) is 11.2 Å². The van der Waals surface area contributed by atoms with Crippen LogP contribution >= 0.6 is 0 Å². The first-order chi connectivity index (χ1) is 6.74. The summed E-state index contributed by atoms with van der Waals surface area (Å²) in [5.74, 6) is 0.312. The molecule has 1 aliphatic heterocycles. The van der Waals surface area contributed by atoms with Crippen molar-refractivity contribution in [1.29, 1.82) is 0 Å². The molecule has 1 aromatic carbocycles. The van der Waals surface area contributed by atoms with Crippen molar-refractivity contribution in [2.45, 2.75) is 12.0 Å².